The maximum absolute atomic E-state index is 17.2. The Morgan fingerprint density at radius 3 is 2.58 bits per heavy atom. The van der Waals surface area contributed by atoms with Gasteiger partial charge in [-0.15, -0.1) is 10.1 Å². The molecule has 13 nitrogen and oxygen atoms in total. The lowest BCUT2D eigenvalue weighted by atomic mass is 9.44. The van der Waals surface area contributed by atoms with Crippen LogP contribution in [0.4, 0.5) is 4.39 Å². The summed E-state index contributed by atoms with van der Waals surface area (Å²) >= 11 is 0. The molecule has 0 aliphatic heterocycles. The number of nitrogens with one attached hydrogen (secondary N) is 1. The van der Waals surface area contributed by atoms with Gasteiger partial charge in [0.15, 0.2) is 23.7 Å². The van der Waals surface area contributed by atoms with Crippen LogP contribution in [0.2, 0.25) is 0 Å². The van der Waals surface area contributed by atoms with E-state index in [2.05, 4.69) is 10.2 Å². The number of hydrogen-bond donors (Lipinski definition) is 4. The van der Waals surface area contributed by atoms with Crippen LogP contribution in [0.25, 0.3) is 0 Å². The van der Waals surface area contributed by atoms with Gasteiger partial charge in [0.2, 0.25) is 11.7 Å². The average molecular weight is 611 g/mol. The smallest absolute Gasteiger partial charge is 0.325 e. The van der Waals surface area contributed by atoms with Crippen LogP contribution in [0, 0.1) is 32.8 Å². The maximum atomic E-state index is 17.2. The molecule has 4 N–H and O–H groups in total. The Morgan fingerprint density at radius 1 is 1.16 bits per heavy atom. The van der Waals surface area contributed by atoms with Gasteiger partial charge >= 0.3 is 5.97 Å². The Labute approximate surface area is 247 Å². The van der Waals surface area contributed by atoms with Crippen LogP contribution in [0.3, 0.4) is 0 Å². The van der Waals surface area contributed by atoms with Gasteiger partial charge in [0.05, 0.1) is 18.8 Å². The second kappa shape index (κ2) is 12.0. The van der Waals surface area contributed by atoms with E-state index in [1.165, 1.54) is 25.2 Å². The Balaban J connectivity index is 1.36. The van der Waals surface area contributed by atoms with Gasteiger partial charge in [-0.1, -0.05) is 25.0 Å². The molecule has 4 aliphatic carbocycles. The molecule has 3 fully saturated rings. The van der Waals surface area contributed by atoms with Crippen molar-refractivity contribution in [2.24, 2.45) is 22.7 Å². The minimum atomic E-state index is -2.43. The molecule has 8 atom stereocenters. The van der Waals surface area contributed by atoms with Crippen LogP contribution in [-0.2, 0) is 28.8 Å². The highest BCUT2D eigenvalue weighted by atomic mass is 19.1. The van der Waals surface area contributed by atoms with Gasteiger partial charge in [0.25, 0.3) is 5.09 Å². The first kappa shape index (κ1) is 32.7. The predicted molar refractivity (Wildman–Crippen MR) is 145 cm³/mol. The first-order chi connectivity index (χ1) is 20.1. The van der Waals surface area contributed by atoms with E-state index in [1.807, 2.05) is 0 Å². The number of carbonyl (C=O) groups is 4. The van der Waals surface area contributed by atoms with Crippen LogP contribution in [0.15, 0.2) is 23.8 Å². The number of aliphatic hydroxyl groups is 3. The summed E-state index contributed by atoms with van der Waals surface area (Å²) in [5.74, 6) is -4.21. The Hall–Kier alpha value is -3.23. The van der Waals surface area contributed by atoms with Crippen molar-refractivity contribution < 1.29 is 53.5 Å². The summed E-state index contributed by atoms with van der Waals surface area (Å²) in [6.07, 6.45) is 2.43. The van der Waals surface area contributed by atoms with Gasteiger partial charge in [-0.3, -0.25) is 19.2 Å². The van der Waals surface area contributed by atoms with E-state index in [0.29, 0.717) is 31.3 Å². The van der Waals surface area contributed by atoms with Crippen LogP contribution in [-0.4, -0.2) is 87.1 Å². The Bertz CT molecular complexity index is 1240. The summed E-state index contributed by atoms with van der Waals surface area (Å²) in [5.41, 5.74) is -6.78. The number of nitrogens with zero attached hydrogens (tertiary/aromatic N) is 1. The number of allylic oxidation sites excluding steroid dienone is 4. The molecule has 0 aromatic rings. The SMILES string of the molecule is C[C@]12C=CC(=O)C=C1CC[C@H]1[C@@H]3C[C@@H](O)[C@](O)(C(=O)COC(=O)CNC(=O)CCCCCO[N+](=O)[O-])[C@@]3(C)C[C@H](O)[C@@]12F. The highest BCUT2D eigenvalue weighted by Gasteiger charge is 2.76. The third-order valence-electron chi connectivity index (χ3n) is 10.3. The number of rotatable bonds is 12. The quantitative estimate of drug-likeness (QED) is 0.106. The van der Waals surface area contributed by atoms with Gasteiger partial charge in [-0.2, -0.15) is 0 Å². The number of alkyl halides is 1. The lowest BCUT2D eigenvalue weighted by Gasteiger charge is -2.62. The average Bonchev–Trinajstić information content (AvgIpc) is 3.14. The van der Waals surface area contributed by atoms with Gasteiger partial charge in [-0.05, 0) is 63.5 Å². The van der Waals surface area contributed by atoms with Crippen molar-refractivity contribution in [3.8, 4) is 0 Å². The van der Waals surface area contributed by atoms with Crippen LogP contribution in [0.1, 0.15) is 65.2 Å². The molecule has 4 rings (SSSR count). The van der Waals surface area contributed by atoms with E-state index in [-0.39, 0.29) is 38.1 Å². The summed E-state index contributed by atoms with van der Waals surface area (Å²) in [5, 5.41) is 45.6. The fourth-order valence-electron chi connectivity index (χ4n) is 8.00. The molecule has 0 unspecified atom stereocenters. The fraction of sp³-hybridized carbons (Fsp3) is 0.724. The third-order valence-corrected chi connectivity index (χ3v) is 10.3. The van der Waals surface area contributed by atoms with E-state index >= 15 is 4.39 Å². The zero-order valence-electron chi connectivity index (χ0n) is 24.3. The van der Waals surface area contributed by atoms with Crippen molar-refractivity contribution in [1.29, 1.82) is 0 Å². The number of carbonyl (C=O) groups excluding carboxylic acids is 4. The molecule has 0 spiro atoms. The van der Waals surface area contributed by atoms with Gasteiger partial charge < -0.3 is 30.2 Å². The van der Waals surface area contributed by atoms with Crippen LogP contribution in [0.5, 0.6) is 0 Å². The number of esters is 1. The van der Waals surface area contributed by atoms with Crippen LogP contribution < -0.4 is 5.32 Å². The minimum Gasteiger partial charge on any atom is -0.456 e. The second-order valence-corrected chi connectivity index (χ2v) is 12.5. The maximum Gasteiger partial charge on any atom is 0.325 e. The number of Topliss-reactive ketones (excluding diaryl/α,β-unsaturated/α-hetero) is 1. The highest BCUT2D eigenvalue weighted by molar-refractivity contribution is 6.01. The van der Waals surface area contributed by atoms with E-state index in [1.54, 1.807) is 6.92 Å². The monoisotopic (exact) mass is 610 g/mol. The Kier molecular flexibility index (Phi) is 9.15. The topological polar surface area (TPSA) is 203 Å². The molecule has 14 heteroatoms. The third kappa shape index (κ3) is 5.48. The summed E-state index contributed by atoms with van der Waals surface area (Å²) < 4.78 is 22.2. The molecule has 43 heavy (non-hydrogen) atoms. The molecule has 0 aromatic heterocycles. The van der Waals surface area contributed by atoms with E-state index < -0.39 is 82.0 Å². The molecular formula is C29H39FN2O11. The standard InChI is InChI=1S/C29H39FN2O11/c1-26-10-9-18(33)12-17(26)7-8-19-20-13-21(34)29(39,27(20,2)14-22(35)28(19,26)30)23(36)16-42-25(38)15-31-24(37)6-4-3-5-11-43-32(40)41/h9-10,12,19-22,34-35,39H,3-8,11,13-16H2,1-2H3,(H,31,37)/t19-,20-,21+,22-,26-,27-,28-,29-/m0/s1. The van der Waals surface area contributed by atoms with Gasteiger partial charge in [0.1, 0.15) is 6.54 Å². The summed E-state index contributed by atoms with van der Waals surface area (Å²) in [6, 6.07) is 0. The van der Waals surface area contributed by atoms with E-state index in [9.17, 15) is 44.6 Å². The molecule has 0 heterocycles. The lowest BCUT2D eigenvalue weighted by Crippen LogP contribution is -2.69. The number of ether oxygens (including phenoxy) is 1. The van der Waals surface area contributed by atoms with Crippen molar-refractivity contribution in [2.75, 3.05) is 19.8 Å². The fourth-order valence-corrected chi connectivity index (χ4v) is 8.00. The number of halogens is 1. The predicted octanol–water partition coefficient (Wildman–Crippen LogP) is 1.06. The highest BCUT2D eigenvalue weighted by Crippen LogP contribution is 2.69. The van der Waals surface area contributed by atoms with E-state index in [0.717, 1.165) is 0 Å². The summed E-state index contributed by atoms with van der Waals surface area (Å²) in [6.45, 7) is 1.63. The molecule has 4 aliphatic rings. The number of ketones is 2. The number of amides is 1. The van der Waals surface area contributed by atoms with Crippen molar-refractivity contribution in [2.45, 2.75) is 88.7 Å². The summed E-state index contributed by atoms with van der Waals surface area (Å²) in [4.78, 5) is 63.8. The van der Waals surface area contributed by atoms with Crippen molar-refractivity contribution in [3.63, 3.8) is 0 Å². The van der Waals surface area contributed by atoms with Gasteiger partial charge in [-0.25, -0.2) is 4.39 Å². The molecule has 0 radical (unpaired) electrons. The number of unbranched alkanes of at least 4 members (excludes halogenated alkanes) is 2. The zero-order chi connectivity index (χ0) is 31.8. The first-order valence-electron chi connectivity index (χ1n) is 14.6. The van der Waals surface area contributed by atoms with E-state index in [4.69, 9.17) is 4.74 Å². The molecule has 1 amide bonds. The Morgan fingerprint density at radius 2 is 1.88 bits per heavy atom. The normalized spacial score (nSPS) is 37.8. The van der Waals surface area contributed by atoms with Crippen molar-refractivity contribution in [3.05, 3.63) is 33.9 Å². The van der Waals surface area contributed by atoms with Crippen LogP contribution >= 0.6 is 0 Å². The molecule has 0 bridgehead atoms. The molecule has 0 saturated heterocycles. The first-order valence-corrected chi connectivity index (χ1v) is 14.6. The minimum absolute atomic E-state index is 0.0539. The number of fused-ring (bicyclic) bond motifs is 5. The lowest BCUT2D eigenvalue weighted by molar-refractivity contribution is -0.757. The second-order valence-electron chi connectivity index (χ2n) is 12.5. The summed E-state index contributed by atoms with van der Waals surface area (Å²) in [7, 11) is 0. The molecule has 0 aromatic carbocycles. The number of aliphatic hydroxyl groups excluding tert-OH is 2. The molecule has 3 saturated carbocycles. The largest absolute Gasteiger partial charge is 0.456 e. The molecular weight excluding hydrogens is 571 g/mol. The molecule has 238 valence electrons. The number of hydrogen-bond acceptors (Lipinski definition) is 11. The van der Waals surface area contributed by atoms with Gasteiger partial charge in [0, 0.05) is 23.2 Å². The van der Waals surface area contributed by atoms with Crippen molar-refractivity contribution in [1.82, 2.24) is 5.32 Å². The van der Waals surface area contributed by atoms with Crippen molar-refractivity contribution >= 4 is 23.4 Å². The zero-order valence-corrected chi connectivity index (χ0v) is 24.3.